The number of nitrogens with zero attached hydrogens (tertiary/aromatic N) is 1. The third-order valence-corrected chi connectivity index (χ3v) is 3.13. The summed E-state index contributed by atoms with van der Waals surface area (Å²) in [5.74, 6) is -1.01. The van der Waals surface area contributed by atoms with Gasteiger partial charge in [0.25, 0.3) is 11.6 Å². The van der Waals surface area contributed by atoms with Crippen LogP contribution in [0.25, 0.3) is 0 Å². The highest BCUT2D eigenvalue weighted by molar-refractivity contribution is 6.01. The minimum absolute atomic E-state index is 0.161. The Labute approximate surface area is 120 Å². The molecule has 2 rings (SSSR count). The Bertz CT molecular complexity index is 598. The predicted molar refractivity (Wildman–Crippen MR) is 75.6 cm³/mol. The third kappa shape index (κ3) is 3.68. The van der Waals surface area contributed by atoms with Crippen LogP contribution < -0.4 is 16.4 Å². The van der Waals surface area contributed by atoms with Crippen LogP contribution in [0.5, 0.6) is 0 Å². The number of hydrogen-bond acceptors (Lipinski definition) is 5. The topological polar surface area (TPSA) is 127 Å². The molecule has 0 spiro atoms. The van der Waals surface area contributed by atoms with Crippen molar-refractivity contribution < 1.29 is 14.5 Å². The zero-order valence-electron chi connectivity index (χ0n) is 11.5. The number of anilines is 1. The van der Waals surface area contributed by atoms with E-state index in [2.05, 4.69) is 10.6 Å². The highest BCUT2D eigenvalue weighted by Gasteiger charge is 2.27. The van der Waals surface area contributed by atoms with Crippen LogP contribution in [0.3, 0.4) is 0 Å². The molecule has 0 bridgehead atoms. The van der Waals surface area contributed by atoms with Crippen LogP contribution in [0.1, 0.15) is 30.1 Å². The molecule has 0 heterocycles. The molecule has 1 fully saturated rings. The molecule has 112 valence electrons. The molecular weight excluding hydrogens is 276 g/mol. The summed E-state index contributed by atoms with van der Waals surface area (Å²) in [7, 11) is 0. The average molecular weight is 292 g/mol. The molecule has 1 aromatic rings. The van der Waals surface area contributed by atoms with Gasteiger partial charge in [0.15, 0.2) is 0 Å². The van der Waals surface area contributed by atoms with Crippen LogP contribution in [0.2, 0.25) is 0 Å². The number of amides is 2. The predicted octanol–water partition coefficient (Wildman–Crippen LogP) is 0.574. The largest absolute Gasteiger partial charge is 0.399 e. The number of carbonyl (C=O) groups is 2. The molecule has 2 amide bonds. The highest BCUT2D eigenvalue weighted by Crippen LogP contribution is 2.21. The van der Waals surface area contributed by atoms with Gasteiger partial charge >= 0.3 is 0 Å². The van der Waals surface area contributed by atoms with Crippen LogP contribution in [0, 0.1) is 10.1 Å². The second kappa shape index (κ2) is 5.78. The van der Waals surface area contributed by atoms with E-state index < -0.39 is 16.9 Å². The van der Waals surface area contributed by atoms with Gasteiger partial charge in [-0.3, -0.25) is 19.7 Å². The summed E-state index contributed by atoms with van der Waals surface area (Å²) in [6.45, 7) is 1.52. The first-order valence-electron chi connectivity index (χ1n) is 6.53. The fourth-order valence-corrected chi connectivity index (χ4v) is 1.79. The van der Waals surface area contributed by atoms with Crippen molar-refractivity contribution in [1.29, 1.82) is 0 Å². The van der Waals surface area contributed by atoms with Gasteiger partial charge in [-0.1, -0.05) is 0 Å². The molecule has 8 nitrogen and oxygen atoms in total. The maximum atomic E-state index is 12.1. The van der Waals surface area contributed by atoms with Gasteiger partial charge < -0.3 is 16.4 Å². The molecule has 8 heteroatoms. The maximum Gasteiger partial charge on any atom is 0.282 e. The van der Waals surface area contributed by atoms with Crippen molar-refractivity contribution in [3.63, 3.8) is 0 Å². The molecule has 1 saturated carbocycles. The number of nitrogens with two attached hydrogens (primary N) is 1. The molecule has 0 radical (unpaired) electrons. The van der Waals surface area contributed by atoms with Crippen LogP contribution in [0.15, 0.2) is 18.2 Å². The number of benzene rings is 1. The Kier molecular flexibility index (Phi) is 4.06. The lowest BCUT2D eigenvalue weighted by atomic mass is 10.1. The first-order valence-corrected chi connectivity index (χ1v) is 6.53. The number of nitro benzene ring substituents is 1. The van der Waals surface area contributed by atoms with Gasteiger partial charge in [-0.15, -0.1) is 0 Å². The molecule has 0 aliphatic heterocycles. The lowest BCUT2D eigenvalue weighted by Crippen LogP contribution is -2.45. The van der Waals surface area contributed by atoms with E-state index in [-0.39, 0.29) is 28.9 Å². The lowest BCUT2D eigenvalue weighted by Gasteiger charge is -2.14. The minimum Gasteiger partial charge on any atom is -0.399 e. The summed E-state index contributed by atoms with van der Waals surface area (Å²) in [6, 6.07) is 3.13. The van der Waals surface area contributed by atoms with E-state index in [1.54, 1.807) is 0 Å². The van der Waals surface area contributed by atoms with Gasteiger partial charge in [0.1, 0.15) is 11.6 Å². The zero-order valence-corrected chi connectivity index (χ0v) is 11.5. The summed E-state index contributed by atoms with van der Waals surface area (Å²) in [4.78, 5) is 34.1. The van der Waals surface area contributed by atoms with Crippen LogP contribution >= 0.6 is 0 Å². The summed E-state index contributed by atoms with van der Waals surface area (Å²) >= 11 is 0. The molecule has 1 unspecified atom stereocenters. The van der Waals surface area contributed by atoms with Crippen molar-refractivity contribution in [2.75, 3.05) is 5.73 Å². The van der Waals surface area contributed by atoms with Crippen molar-refractivity contribution in [3.8, 4) is 0 Å². The normalized spacial score (nSPS) is 15.1. The maximum absolute atomic E-state index is 12.1. The molecule has 1 aromatic carbocycles. The van der Waals surface area contributed by atoms with Gasteiger partial charge in [-0.25, -0.2) is 0 Å². The molecule has 1 aliphatic rings. The monoisotopic (exact) mass is 292 g/mol. The molecule has 0 aromatic heterocycles. The summed E-state index contributed by atoms with van der Waals surface area (Å²) in [5.41, 5.74) is 5.27. The summed E-state index contributed by atoms with van der Waals surface area (Å²) in [5, 5.41) is 16.1. The molecule has 1 atom stereocenters. The molecule has 21 heavy (non-hydrogen) atoms. The fraction of sp³-hybridized carbons (Fsp3) is 0.385. The van der Waals surface area contributed by atoms with Crippen molar-refractivity contribution in [1.82, 2.24) is 10.6 Å². The second-order valence-corrected chi connectivity index (χ2v) is 5.01. The Hall–Kier alpha value is -2.64. The molecule has 0 saturated heterocycles. The first kappa shape index (κ1) is 14.8. The van der Waals surface area contributed by atoms with Gasteiger partial charge in [0.05, 0.1) is 4.92 Å². The zero-order chi connectivity index (χ0) is 15.6. The first-order chi connectivity index (χ1) is 9.88. The standard InChI is InChI=1S/C13H16N4O4/c1-7(12(18)16-9-3-4-9)15-13(19)10-6-8(14)2-5-11(10)17(20)21/h2,5-7,9H,3-4,14H2,1H3,(H,15,19)(H,16,18). The van der Waals surface area contributed by atoms with E-state index in [0.717, 1.165) is 12.8 Å². The van der Waals surface area contributed by atoms with Gasteiger partial charge in [-0.05, 0) is 31.9 Å². The fourth-order valence-electron chi connectivity index (χ4n) is 1.79. The van der Waals surface area contributed by atoms with Crippen LogP contribution in [-0.2, 0) is 4.79 Å². The number of carbonyl (C=O) groups excluding carboxylic acids is 2. The Balaban J connectivity index is 2.10. The van der Waals surface area contributed by atoms with Gasteiger partial charge in [-0.2, -0.15) is 0 Å². The summed E-state index contributed by atoms with van der Waals surface area (Å²) in [6.07, 6.45) is 1.88. The van der Waals surface area contributed by atoms with Gasteiger partial charge in [0.2, 0.25) is 5.91 Å². The Morgan fingerprint density at radius 2 is 2.10 bits per heavy atom. The van der Waals surface area contributed by atoms with Crippen molar-refractivity contribution in [2.24, 2.45) is 0 Å². The summed E-state index contributed by atoms with van der Waals surface area (Å²) < 4.78 is 0. The van der Waals surface area contributed by atoms with Gasteiger partial charge in [0, 0.05) is 17.8 Å². The quantitative estimate of drug-likeness (QED) is 0.415. The van der Waals surface area contributed by atoms with E-state index in [1.807, 2.05) is 0 Å². The number of nitro groups is 1. The molecule has 4 N–H and O–H groups in total. The third-order valence-electron chi connectivity index (χ3n) is 3.13. The van der Waals surface area contributed by atoms with E-state index in [4.69, 9.17) is 5.73 Å². The van der Waals surface area contributed by atoms with Crippen molar-refractivity contribution in [2.45, 2.75) is 31.8 Å². The van der Waals surface area contributed by atoms with E-state index in [1.165, 1.54) is 25.1 Å². The number of nitrogen functional groups attached to an aromatic ring is 1. The number of hydrogen-bond donors (Lipinski definition) is 3. The SMILES string of the molecule is CC(NC(=O)c1cc(N)ccc1[N+](=O)[O-])C(=O)NC1CC1. The average Bonchev–Trinajstić information content (AvgIpc) is 3.21. The molecular formula is C13H16N4O4. The second-order valence-electron chi connectivity index (χ2n) is 5.01. The van der Waals surface area contributed by atoms with Crippen LogP contribution in [0.4, 0.5) is 11.4 Å². The Morgan fingerprint density at radius 1 is 1.43 bits per heavy atom. The molecule has 1 aliphatic carbocycles. The Morgan fingerprint density at radius 3 is 2.67 bits per heavy atom. The van der Waals surface area contributed by atoms with Crippen LogP contribution in [-0.4, -0.2) is 28.8 Å². The number of nitrogens with one attached hydrogen (secondary N) is 2. The lowest BCUT2D eigenvalue weighted by molar-refractivity contribution is -0.385. The van der Waals surface area contributed by atoms with E-state index >= 15 is 0 Å². The minimum atomic E-state index is -0.779. The number of rotatable bonds is 5. The smallest absolute Gasteiger partial charge is 0.282 e. The van der Waals surface area contributed by atoms with Crippen molar-refractivity contribution in [3.05, 3.63) is 33.9 Å². The van der Waals surface area contributed by atoms with E-state index in [9.17, 15) is 19.7 Å². The highest BCUT2D eigenvalue weighted by atomic mass is 16.6. The van der Waals surface area contributed by atoms with Crippen molar-refractivity contribution >= 4 is 23.2 Å². The van der Waals surface area contributed by atoms with E-state index in [0.29, 0.717) is 0 Å².